The maximum Gasteiger partial charge on any atom is 0.408 e. The molecule has 1 atom stereocenters. The van der Waals surface area contributed by atoms with Crippen molar-refractivity contribution in [3.05, 3.63) is 34.9 Å². The number of hydrogen-bond acceptors (Lipinski definition) is 6. The number of nitrogens with one attached hydrogen (secondary N) is 2. The fraction of sp³-hybridized carbons (Fsp3) is 0.500. The van der Waals surface area contributed by atoms with Gasteiger partial charge in [-0.1, -0.05) is 43.8 Å². The molecule has 0 radical (unpaired) electrons. The summed E-state index contributed by atoms with van der Waals surface area (Å²) >= 11 is 1.49. The first-order valence-corrected chi connectivity index (χ1v) is 10.4. The highest BCUT2D eigenvalue weighted by molar-refractivity contribution is 8.14. The number of ketones is 1. The van der Waals surface area contributed by atoms with Crippen molar-refractivity contribution in [3.8, 4) is 0 Å². The van der Waals surface area contributed by atoms with Gasteiger partial charge in [0.05, 0.1) is 6.61 Å². The Kier molecular flexibility index (Phi) is 10.1. The third-order valence-corrected chi connectivity index (χ3v) is 5.41. The number of ether oxygens (including phenoxy) is 1. The summed E-state index contributed by atoms with van der Waals surface area (Å²) in [6.45, 7) is 8.50. The standard InChI is InChI=1S/C20H28N4O4S.ClH/c1-12(2)11-28-20(27)21-16(15-13(3)7-6-8-14(15)4)17(25)18(26)22-23-19-24(5)9-10-29-19;/h6-8,12,16H,9-11H2,1-5H3,(H,21,27)(H,22,26);1H. The minimum atomic E-state index is -1.16. The van der Waals surface area contributed by atoms with E-state index in [1.54, 1.807) is 0 Å². The number of benzene rings is 1. The van der Waals surface area contributed by atoms with Gasteiger partial charge in [0, 0.05) is 19.3 Å². The van der Waals surface area contributed by atoms with Gasteiger partial charge in [0.1, 0.15) is 6.04 Å². The van der Waals surface area contributed by atoms with Crippen LogP contribution in [0.25, 0.3) is 0 Å². The maximum atomic E-state index is 12.9. The summed E-state index contributed by atoms with van der Waals surface area (Å²) in [6.07, 6.45) is -0.745. The lowest BCUT2D eigenvalue weighted by atomic mass is 9.93. The largest absolute Gasteiger partial charge is 0.449 e. The Balaban J connectivity index is 0.00000450. The van der Waals surface area contributed by atoms with Gasteiger partial charge in [-0.05, 0) is 36.5 Å². The number of aryl methyl sites for hydroxylation is 2. The zero-order chi connectivity index (χ0) is 21.6. The van der Waals surface area contributed by atoms with E-state index in [2.05, 4.69) is 15.8 Å². The van der Waals surface area contributed by atoms with Crippen molar-refractivity contribution in [2.75, 3.05) is 26.0 Å². The minimum Gasteiger partial charge on any atom is -0.449 e. The van der Waals surface area contributed by atoms with Crippen LogP contribution >= 0.6 is 24.2 Å². The number of Topliss-reactive ketones (excluding diaryl/α,β-unsaturated/α-hetero) is 1. The molecule has 1 saturated heterocycles. The lowest BCUT2D eigenvalue weighted by Gasteiger charge is -2.21. The zero-order valence-corrected chi connectivity index (χ0v) is 19.5. The molecule has 0 spiro atoms. The number of thioether (sulfide) groups is 1. The average Bonchev–Trinajstić information content (AvgIpc) is 3.07. The van der Waals surface area contributed by atoms with Crippen molar-refractivity contribution >= 4 is 47.1 Å². The molecule has 2 N–H and O–H groups in total. The molecule has 1 aliphatic heterocycles. The SMILES string of the molecule is Cc1cccc(C)c1C(NC(=O)OCC(C)C)C(=O)C(=O)NN=C1SCCN1C.Cl. The molecule has 2 rings (SSSR count). The van der Waals surface area contributed by atoms with Crippen LogP contribution in [-0.4, -0.2) is 53.8 Å². The van der Waals surface area contributed by atoms with E-state index in [1.165, 1.54) is 11.8 Å². The number of amides is 2. The average molecular weight is 457 g/mol. The Hall–Kier alpha value is -2.26. The van der Waals surface area contributed by atoms with Crippen molar-refractivity contribution in [1.82, 2.24) is 15.6 Å². The molecule has 0 aliphatic carbocycles. The summed E-state index contributed by atoms with van der Waals surface area (Å²) in [7, 11) is 1.86. The van der Waals surface area contributed by atoms with Gasteiger partial charge in [-0.15, -0.1) is 17.5 Å². The highest BCUT2D eigenvalue weighted by atomic mass is 35.5. The van der Waals surface area contributed by atoms with Crippen molar-refractivity contribution < 1.29 is 19.1 Å². The molecule has 1 fully saturated rings. The van der Waals surface area contributed by atoms with Gasteiger partial charge < -0.3 is 15.0 Å². The Morgan fingerprint density at radius 1 is 1.23 bits per heavy atom. The molecule has 1 aromatic carbocycles. The molecule has 30 heavy (non-hydrogen) atoms. The number of alkyl carbamates (subject to hydrolysis) is 1. The van der Waals surface area contributed by atoms with Crippen LogP contribution < -0.4 is 10.7 Å². The van der Waals surface area contributed by atoms with Crippen LogP contribution in [0.2, 0.25) is 0 Å². The lowest BCUT2D eigenvalue weighted by molar-refractivity contribution is -0.139. The van der Waals surface area contributed by atoms with E-state index in [0.29, 0.717) is 10.7 Å². The molecule has 166 valence electrons. The van der Waals surface area contributed by atoms with Crippen molar-refractivity contribution in [1.29, 1.82) is 0 Å². The molecular weight excluding hydrogens is 428 g/mol. The predicted octanol–water partition coefficient (Wildman–Crippen LogP) is 2.78. The topological polar surface area (TPSA) is 100 Å². The first-order valence-electron chi connectivity index (χ1n) is 9.46. The molecule has 1 unspecified atom stereocenters. The Morgan fingerprint density at radius 3 is 2.40 bits per heavy atom. The van der Waals surface area contributed by atoms with Gasteiger partial charge in [-0.25, -0.2) is 10.2 Å². The second kappa shape index (κ2) is 11.8. The third-order valence-electron chi connectivity index (χ3n) is 4.36. The quantitative estimate of drug-likeness (QED) is 0.483. The van der Waals surface area contributed by atoms with Crippen LogP contribution in [0.5, 0.6) is 0 Å². The van der Waals surface area contributed by atoms with Gasteiger partial charge >= 0.3 is 12.0 Å². The first-order chi connectivity index (χ1) is 13.7. The summed E-state index contributed by atoms with van der Waals surface area (Å²) in [6, 6.07) is 4.34. The van der Waals surface area contributed by atoms with Crippen LogP contribution in [0, 0.1) is 19.8 Å². The van der Waals surface area contributed by atoms with Crippen LogP contribution in [0.1, 0.15) is 36.6 Å². The summed E-state index contributed by atoms with van der Waals surface area (Å²) in [4.78, 5) is 39.6. The monoisotopic (exact) mass is 456 g/mol. The van der Waals surface area contributed by atoms with E-state index in [-0.39, 0.29) is 24.9 Å². The summed E-state index contributed by atoms with van der Waals surface area (Å²) < 4.78 is 5.15. The summed E-state index contributed by atoms with van der Waals surface area (Å²) in [5, 5.41) is 7.22. The highest BCUT2D eigenvalue weighted by Crippen LogP contribution is 2.23. The van der Waals surface area contributed by atoms with E-state index in [0.717, 1.165) is 23.4 Å². The van der Waals surface area contributed by atoms with Gasteiger partial charge in [0.2, 0.25) is 5.78 Å². The molecule has 0 aromatic heterocycles. The summed E-state index contributed by atoms with van der Waals surface area (Å²) in [5.41, 5.74) is 4.47. The maximum absolute atomic E-state index is 12.9. The number of hydrogen-bond donors (Lipinski definition) is 2. The van der Waals surface area contributed by atoms with Crippen molar-refractivity contribution in [3.63, 3.8) is 0 Å². The summed E-state index contributed by atoms with van der Waals surface area (Å²) in [5.74, 6) is -0.683. The number of rotatable bonds is 7. The van der Waals surface area contributed by atoms with Crippen LogP contribution in [0.3, 0.4) is 0 Å². The number of halogens is 1. The van der Waals surface area contributed by atoms with Crippen molar-refractivity contribution in [2.24, 2.45) is 11.0 Å². The van der Waals surface area contributed by atoms with Crippen LogP contribution in [-0.2, 0) is 14.3 Å². The first kappa shape index (κ1) is 25.8. The minimum absolute atomic E-state index is 0. The van der Waals surface area contributed by atoms with Crippen LogP contribution in [0.4, 0.5) is 4.79 Å². The van der Waals surface area contributed by atoms with Gasteiger partial charge in [-0.3, -0.25) is 9.59 Å². The van der Waals surface area contributed by atoms with Gasteiger partial charge in [0.15, 0.2) is 5.17 Å². The normalized spacial score (nSPS) is 15.5. The molecule has 0 saturated carbocycles. The third kappa shape index (κ3) is 6.91. The molecule has 1 heterocycles. The fourth-order valence-electron chi connectivity index (χ4n) is 2.84. The number of carbonyl (C=O) groups is 3. The van der Waals surface area contributed by atoms with E-state index < -0.39 is 23.8 Å². The number of amidine groups is 1. The highest BCUT2D eigenvalue weighted by Gasteiger charge is 2.31. The molecule has 2 amide bonds. The molecular formula is C20H29ClN4O4S. The Labute approximate surface area is 187 Å². The fourth-order valence-corrected chi connectivity index (χ4v) is 3.81. The second-order valence-electron chi connectivity index (χ2n) is 7.34. The van der Waals surface area contributed by atoms with E-state index in [1.807, 2.05) is 57.8 Å². The lowest BCUT2D eigenvalue weighted by Crippen LogP contribution is -2.42. The smallest absolute Gasteiger partial charge is 0.408 e. The number of carbonyl (C=O) groups excluding carboxylic acids is 3. The van der Waals surface area contributed by atoms with Crippen molar-refractivity contribution in [2.45, 2.75) is 33.7 Å². The Morgan fingerprint density at radius 2 is 1.87 bits per heavy atom. The van der Waals surface area contributed by atoms with Gasteiger partial charge in [0.25, 0.3) is 0 Å². The van der Waals surface area contributed by atoms with E-state index in [9.17, 15) is 14.4 Å². The van der Waals surface area contributed by atoms with Crippen LogP contribution in [0.15, 0.2) is 23.3 Å². The predicted molar refractivity (Wildman–Crippen MR) is 121 cm³/mol. The molecule has 1 aromatic rings. The molecule has 0 bridgehead atoms. The zero-order valence-electron chi connectivity index (χ0n) is 17.9. The Bertz CT molecular complexity index is 796. The number of hydrazone groups is 1. The number of nitrogens with zero attached hydrogens (tertiary/aromatic N) is 2. The van der Waals surface area contributed by atoms with E-state index >= 15 is 0 Å². The second-order valence-corrected chi connectivity index (χ2v) is 8.41. The molecule has 10 heteroatoms. The van der Waals surface area contributed by atoms with Gasteiger partial charge in [-0.2, -0.15) is 0 Å². The molecule has 1 aliphatic rings. The van der Waals surface area contributed by atoms with E-state index in [4.69, 9.17) is 4.74 Å². The molecule has 8 nitrogen and oxygen atoms in total.